The molecule has 2 heterocycles. The van der Waals surface area contributed by atoms with Crippen molar-refractivity contribution in [2.24, 2.45) is 0 Å². The van der Waals surface area contributed by atoms with Gasteiger partial charge in [-0.05, 0) is 31.5 Å². The van der Waals surface area contributed by atoms with E-state index in [0.717, 1.165) is 12.1 Å². The Kier molecular flexibility index (Phi) is 5.58. The second-order valence-electron chi connectivity index (χ2n) is 6.06. The Labute approximate surface area is 152 Å². The molecule has 1 amide bonds. The van der Waals surface area contributed by atoms with Gasteiger partial charge in [0.15, 0.2) is 11.4 Å². The molecule has 1 fully saturated rings. The van der Waals surface area contributed by atoms with Gasteiger partial charge in [-0.25, -0.2) is 17.8 Å². The first-order chi connectivity index (χ1) is 12.5. The summed E-state index contributed by atoms with van der Waals surface area (Å²) in [4.78, 5) is 12.6. The maximum atomic E-state index is 12.6. The van der Waals surface area contributed by atoms with Crippen LogP contribution in [0.5, 0.6) is 5.75 Å². The standard InChI is InChI=1S/C17H22N4O4S/c1-2-10-25-15-12-21(13-6-4-3-5-7-13)19-16(15)17(22)20-26(23,24)14-8-9-18-11-14/h3-7,12,14,18H,2,8-11H2,1H3,(H,20,22). The number of para-hydroxylation sites is 1. The van der Waals surface area contributed by atoms with Crippen LogP contribution in [0.3, 0.4) is 0 Å². The Bertz CT molecular complexity index is 858. The lowest BCUT2D eigenvalue weighted by atomic mass is 10.3. The van der Waals surface area contributed by atoms with Crippen LogP contribution in [0.25, 0.3) is 5.69 Å². The van der Waals surface area contributed by atoms with Crippen LogP contribution < -0.4 is 14.8 Å². The van der Waals surface area contributed by atoms with Crippen molar-refractivity contribution in [3.05, 3.63) is 42.2 Å². The summed E-state index contributed by atoms with van der Waals surface area (Å²) >= 11 is 0. The number of carbonyl (C=O) groups excluding carboxylic acids is 1. The van der Waals surface area contributed by atoms with Crippen LogP contribution in [-0.2, 0) is 10.0 Å². The molecule has 0 bridgehead atoms. The van der Waals surface area contributed by atoms with Crippen LogP contribution in [0.4, 0.5) is 0 Å². The Hall–Kier alpha value is -2.39. The number of sulfonamides is 1. The van der Waals surface area contributed by atoms with E-state index in [0.29, 0.717) is 26.1 Å². The zero-order valence-electron chi connectivity index (χ0n) is 14.5. The molecule has 26 heavy (non-hydrogen) atoms. The number of hydrogen-bond donors (Lipinski definition) is 2. The Morgan fingerprint density at radius 3 is 2.81 bits per heavy atom. The number of hydrogen-bond acceptors (Lipinski definition) is 6. The molecule has 0 radical (unpaired) electrons. The molecule has 3 rings (SSSR count). The van der Waals surface area contributed by atoms with Crippen molar-refractivity contribution >= 4 is 15.9 Å². The predicted molar refractivity (Wildman–Crippen MR) is 97.0 cm³/mol. The van der Waals surface area contributed by atoms with Gasteiger partial charge in [0, 0.05) is 6.54 Å². The number of ether oxygens (including phenoxy) is 1. The molecule has 0 saturated carbocycles. The molecule has 1 aliphatic rings. The molecular formula is C17H22N4O4S. The maximum absolute atomic E-state index is 12.6. The molecule has 1 unspecified atom stereocenters. The van der Waals surface area contributed by atoms with E-state index >= 15 is 0 Å². The van der Waals surface area contributed by atoms with E-state index in [1.807, 2.05) is 37.3 Å². The molecule has 1 aromatic heterocycles. The summed E-state index contributed by atoms with van der Waals surface area (Å²) in [6, 6.07) is 9.23. The van der Waals surface area contributed by atoms with Crippen LogP contribution in [0.1, 0.15) is 30.3 Å². The Morgan fingerprint density at radius 2 is 2.15 bits per heavy atom. The monoisotopic (exact) mass is 378 g/mol. The molecule has 9 heteroatoms. The average Bonchev–Trinajstić information content (AvgIpc) is 3.30. The summed E-state index contributed by atoms with van der Waals surface area (Å²) in [6.45, 7) is 3.30. The summed E-state index contributed by atoms with van der Waals surface area (Å²) in [7, 11) is -3.77. The first kappa shape index (κ1) is 18.4. The number of benzene rings is 1. The van der Waals surface area contributed by atoms with Gasteiger partial charge in [0.1, 0.15) is 0 Å². The average molecular weight is 378 g/mol. The summed E-state index contributed by atoms with van der Waals surface area (Å²) in [5.41, 5.74) is 0.701. The fourth-order valence-corrected chi connectivity index (χ4v) is 3.99. The van der Waals surface area contributed by atoms with Crippen LogP contribution in [0.15, 0.2) is 36.5 Å². The molecule has 2 aromatic rings. The minimum atomic E-state index is -3.77. The lowest BCUT2D eigenvalue weighted by molar-refractivity contribution is 0.0972. The number of nitrogens with zero attached hydrogens (tertiary/aromatic N) is 2. The molecule has 0 aliphatic carbocycles. The number of aromatic nitrogens is 2. The third-order valence-electron chi connectivity index (χ3n) is 4.07. The quantitative estimate of drug-likeness (QED) is 0.748. The molecule has 140 valence electrons. The van der Waals surface area contributed by atoms with Gasteiger partial charge >= 0.3 is 0 Å². The highest BCUT2D eigenvalue weighted by molar-refractivity contribution is 7.90. The minimum Gasteiger partial charge on any atom is -0.489 e. The van der Waals surface area contributed by atoms with Gasteiger partial charge < -0.3 is 10.1 Å². The van der Waals surface area contributed by atoms with E-state index in [2.05, 4.69) is 15.1 Å². The number of rotatable bonds is 7. The fraction of sp³-hybridized carbons (Fsp3) is 0.412. The van der Waals surface area contributed by atoms with Crippen molar-refractivity contribution in [1.82, 2.24) is 19.8 Å². The van der Waals surface area contributed by atoms with Crippen LogP contribution in [0, 0.1) is 0 Å². The van der Waals surface area contributed by atoms with E-state index in [-0.39, 0.29) is 11.4 Å². The molecule has 1 atom stereocenters. The van der Waals surface area contributed by atoms with Crippen molar-refractivity contribution in [3.63, 3.8) is 0 Å². The summed E-state index contributed by atoms with van der Waals surface area (Å²) in [5.74, 6) is -0.523. The highest BCUT2D eigenvalue weighted by atomic mass is 32.2. The van der Waals surface area contributed by atoms with Gasteiger partial charge in [-0.3, -0.25) is 4.79 Å². The first-order valence-corrected chi connectivity index (χ1v) is 10.1. The van der Waals surface area contributed by atoms with E-state index in [1.165, 1.54) is 4.68 Å². The highest BCUT2D eigenvalue weighted by Crippen LogP contribution is 2.21. The Balaban J connectivity index is 1.87. The highest BCUT2D eigenvalue weighted by Gasteiger charge is 2.32. The van der Waals surface area contributed by atoms with Crippen molar-refractivity contribution in [2.45, 2.75) is 25.0 Å². The largest absolute Gasteiger partial charge is 0.489 e. The van der Waals surface area contributed by atoms with Gasteiger partial charge in [0.25, 0.3) is 5.91 Å². The van der Waals surface area contributed by atoms with Gasteiger partial charge in [-0.2, -0.15) is 5.10 Å². The van der Waals surface area contributed by atoms with Crippen molar-refractivity contribution in [3.8, 4) is 11.4 Å². The molecule has 8 nitrogen and oxygen atoms in total. The van der Waals surface area contributed by atoms with Crippen molar-refractivity contribution in [2.75, 3.05) is 19.7 Å². The fourth-order valence-electron chi connectivity index (χ4n) is 2.70. The van der Waals surface area contributed by atoms with Crippen LogP contribution in [0.2, 0.25) is 0 Å². The van der Waals surface area contributed by atoms with Crippen molar-refractivity contribution in [1.29, 1.82) is 0 Å². The van der Waals surface area contributed by atoms with Crippen LogP contribution >= 0.6 is 0 Å². The zero-order valence-corrected chi connectivity index (χ0v) is 15.3. The normalized spacial score (nSPS) is 17.2. The smallest absolute Gasteiger partial charge is 0.289 e. The zero-order chi connectivity index (χ0) is 18.6. The molecule has 2 N–H and O–H groups in total. The first-order valence-electron chi connectivity index (χ1n) is 8.56. The van der Waals surface area contributed by atoms with E-state index in [1.54, 1.807) is 6.20 Å². The van der Waals surface area contributed by atoms with Gasteiger partial charge in [-0.15, -0.1) is 0 Å². The third kappa shape index (κ3) is 4.05. The van der Waals surface area contributed by atoms with Gasteiger partial charge in [-0.1, -0.05) is 25.1 Å². The lowest BCUT2D eigenvalue weighted by Gasteiger charge is -2.11. The maximum Gasteiger partial charge on any atom is 0.289 e. The minimum absolute atomic E-state index is 0.0446. The Morgan fingerprint density at radius 1 is 1.38 bits per heavy atom. The van der Waals surface area contributed by atoms with Gasteiger partial charge in [0.2, 0.25) is 10.0 Å². The van der Waals surface area contributed by atoms with Crippen LogP contribution in [-0.4, -0.2) is 49.1 Å². The summed E-state index contributed by atoms with van der Waals surface area (Å²) in [5, 5.41) is 6.60. The second-order valence-corrected chi connectivity index (χ2v) is 8.02. The molecule has 1 saturated heterocycles. The van der Waals surface area contributed by atoms with Crippen molar-refractivity contribution < 1.29 is 17.9 Å². The predicted octanol–water partition coefficient (Wildman–Crippen LogP) is 1.08. The number of carbonyl (C=O) groups is 1. The summed E-state index contributed by atoms with van der Waals surface area (Å²) < 4.78 is 34.0. The topological polar surface area (TPSA) is 102 Å². The lowest BCUT2D eigenvalue weighted by Crippen LogP contribution is -2.39. The molecule has 1 aromatic carbocycles. The van der Waals surface area contributed by atoms with E-state index in [4.69, 9.17) is 4.74 Å². The molecule has 1 aliphatic heterocycles. The van der Waals surface area contributed by atoms with E-state index < -0.39 is 21.2 Å². The number of amides is 1. The van der Waals surface area contributed by atoms with Gasteiger partial charge in [0.05, 0.1) is 23.7 Å². The third-order valence-corrected chi connectivity index (χ3v) is 5.82. The molecular weight excluding hydrogens is 356 g/mol. The van der Waals surface area contributed by atoms with E-state index in [9.17, 15) is 13.2 Å². The summed E-state index contributed by atoms with van der Waals surface area (Å²) in [6.07, 6.45) is 2.81. The SMILES string of the molecule is CCCOc1cn(-c2ccccc2)nc1C(=O)NS(=O)(=O)C1CCNC1. The second kappa shape index (κ2) is 7.88. The number of nitrogens with one attached hydrogen (secondary N) is 2. The molecule has 0 spiro atoms.